The Hall–Kier alpha value is -1.39. The molecule has 18 heavy (non-hydrogen) atoms. The average molecular weight is 307 g/mol. The Labute approximate surface area is 115 Å². The second kappa shape index (κ2) is 5.50. The molecule has 0 fully saturated rings. The third-order valence-electron chi connectivity index (χ3n) is 2.66. The second-order valence-corrected chi connectivity index (χ2v) is 5.10. The largest absolute Gasteiger partial charge is 0.438 e. The van der Waals surface area contributed by atoms with Crippen molar-refractivity contribution < 1.29 is 4.74 Å². The Kier molecular flexibility index (Phi) is 3.99. The average Bonchev–Trinajstić information content (AvgIpc) is 2.35. The Morgan fingerprint density at radius 3 is 2.39 bits per heavy atom. The first-order valence-corrected chi connectivity index (χ1v) is 6.49. The third-order valence-corrected chi connectivity index (χ3v) is 3.13. The SMILES string of the molecule is Cc1cc(CN)cc(C)c1Oc1ccc(Br)cn1. The van der Waals surface area contributed by atoms with E-state index < -0.39 is 0 Å². The number of nitrogens with two attached hydrogens (primary N) is 1. The number of benzene rings is 1. The zero-order valence-electron chi connectivity index (χ0n) is 10.4. The molecule has 2 rings (SSSR count). The van der Waals surface area contributed by atoms with E-state index in [1.165, 1.54) is 0 Å². The Bertz CT molecular complexity index is 529. The van der Waals surface area contributed by atoms with E-state index in [1.54, 1.807) is 6.20 Å². The van der Waals surface area contributed by atoms with E-state index in [9.17, 15) is 0 Å². The first-order chi connectivity index (χ1) is 8.60. The first-order valence-electron chi connectivity index (χ1n) is 5.69. The zero-order valence-corrected chi connectivity index (χ0v) is 12.0. The van der Waals surface area contributed by atoms with Crippen LogP contribution in [0.25, 0.3) is 0 Å². The fraction of sp³-hybridized carbons (Fsp3) is 0.214. The predicted octanol–water partition coefficient (Wildman–Crippen LogP) is 3.71. The van der Waals surface area contributed by atoms with Crippen LogP contribution < -0.4 is 10.5 Å². The second-order valence-electron chi connectivity index (χ2n) is 4.18. The van der Waals surface area contributed by atoms with Crippen LogP contribution in [0.5, 0.6) is 11.6 Å². The van der Waals surface area contributed by atoms with Gasteiger partial charge in [0.2, 0.25) is 5.88 Å². The summed E-state index contributed by atoms with van der Waals surface area (Å²) in [6, 6.07) is 7.82. The summed E-state index contributed by atoms with van der Waals surface area (Å²) in [6.45, 7) is 4.57. The van der Waals surface area contributed by atoms with Gasteiger partial charge in [-0.25, -0.2) is 4.98 Å². The van der Waals surface area contributed by atoms with Gasteiger partial charge in [0, 0.05) is 23.3 Å². The molecular formula is C14H15BrN2O. The lowest BCUT2D eigenvalue weighted by Gasteiger charge is -2.12. The van der Waals surface area contributed by atoms with Gasteiger partial charge in [0.15, 0.2) is 0 Å². The fourth-order valence-electron chi connectivity index (χ4n) is 1.85. The van der Waals surface area contributed by atoms with Crippen molar-refractivity contribution >= 4 is 15.9 Å². The van der Waals surface area contributed by atoms with Crippen LogP contribution in [0.2, 0.25) is 0 Å². The molecule has 0 saturated heterocycles. The normalized spacial score (nSPS) is 10.4. The van der Waals surface area contributed by atoms with E-state index in [0.29, 0.717) is 12.4 Å². The number of halogens is 1. The molecule has 0 radical (unpaired) electrons. The molecule has 2 N–H and O–H groups in total. The quantitative estimate of drug-likeness (QED) is 0.940. The minimum absolute atomic E-state index is 0.540. The summed E-state index contributed by atoms with van der Waals surface area (Å²) >= 11 is 3.35. The molecule has 2 aromatic rings. The third kappa shape index (κ3) is 2.89. The highest BCUT2D eigenvalue weighted by molar-refractivity contribution is 9.10. The molecule has 0 spiro atoms. The lowest BCUT2D eigenvalue weighted by Crippen LogP contribution is -2.00. The molecule has 0 aliphatic rings. The summed E-state index contributed by atoms with van der Waals surface area (Å²) in [5, 5.41) is 0. The fourth-order valence-corrected chi connectivity index (χ4v) is 2.08. The van der Waals surface area contributed by atoms with Crippen LogP contribution in [0.4, 0.5) is 0 Å². The van der Waals surface area contributed by atoms with Gasteiger partial charge in [-0.05, 0) is 52.5 Å². The Morgan fingerprint density at radius 1 is 1.22 bits per heavy atom. The van der Waals surface area contributed by atoms with E-state index in [4.69, 9.17) is 10.5 Å². The minimum atomic E-state index is 0.540. The molecule has 0 aliphatic carbocycles. The van der Waals surface area contributed by atoms with Crippen molar-refractivity contribution in [2.75, 3.05) is 0 Å². The summed E-state index contributed by atoms with van der Waals surface area (Å²) in [6.07, 6.45) is 1.72. The van der Waals surface area contributed by atoms with Gasteiger partial charge in [-0.15, -0.1) is 0 Å². The lowest BCUT2D eigenvalue weighted by atomic mass is 10.1. The number of hydrogen-bond acceptors (Lipinski definition) is 3. The van der Waals surface area contributed by atoms with Gasteiger partial charge in [0.1, 0.15) is 5.75 Å². The van der Waals surface area contributed by atoms with Crippen molar-refractivity contribution in [3.63, 3.8) is 0 Å². The van der Waals surface area contributed by atoms with Crippen LogP contribution in [-0.4, -0.2) is 4.98 Å². The molecule has 0 unspecified atom stereocenters. The molecule has 3 nitrogen and oxygen atoms in total. The molecule has 0 amide bonds. The summed E-state index contributed by atoms with van der Waals surface area (Å²) in [5.41, 5.74) is 8.90. The molecule has 1 aromatic carbocycles. The lowest BCUT2D eigenvalue weighted by molar-refractivity contribution is 0.455. The predicted molar refractivity (Wildman–Crippen MR) is 75.8 cm³/mol. The molecule has 4 heteroatoms. The number of rotatable bonds is 3. The standard InChI is InChI=1S/C14H15BrN2O/c1-9-5-11(7-16)6-10(2)14(9)18-13-4-3-12(15)8-17-13/h3-6,8H,7,16H2,1-2H3. The Balaban J connectivity index is 2.31. The molecule has 1 heterocycles. The molecule has 0 saturated carbocycles. The van der Waals surface area contributed by atoms with Crippen molar-refractivity contribution in [1.82, 2.24) is 4.98 Å². The highest BCUT2D eigenvalue weighted by atomic mass is 79.9. The van der Waals surface area contributed by atoms with Crippen LogP contribution >= 0.6 is 15.9 Å². The minimum Gasteiger partial charge on any atom is -0.438 e. The summed E-state index contributed by atoms with van der Waals surface area (Å²) in [7, 11) is 0. The van der Waals surface area contributed by atoms with Gasteiger partial charge in [0.25, 0.3) is 0 Å². The van der Waals surface area contributed by atoms with E-state index >= 15 is 0 Å². The highest BCUT2D eigenvalue weighted by Crippen LogP contribution is 2.29. The van der Waals surface area contributed by atoms with Gasteiger partial charge in [0.05, 0.1) is 0 Å². The van der Waals surface area contributed by atoms with Crippen LogP contribution in [0.15, 0.2) is 34.9 Å². The van der Waals surface area contributed by atoms with Gasteiger partial charge >= 0.3 is 0 Å². The smallest absolute Gasteiger partial charge is 0.219 e. The molecule has 94 valence electrons. The molecule has 1 aromatic heterocycles. The topological polar surface area (TPSA) is 48.1 Å². The van der Waals surface area contributed by atoms with Crippen molar-refractivity contribution in [1.29, 1.82) is 0 Å². The van der Waals surface area contributed by atoms with Gasteiger partial charge in [-0.2, -0.15) is 0 Å². The number of nitrogens with zero attached hydrogens (tertiary/aromatic N) is 1. The number of hydrogen-bond donors (Lipinski definition) is 1. The van der Waals surface area contributed by atoms with Crippen LogP contribution in [-0.2, 0) is 6.54 Å². The van der Waals surface area contributed by atoms with Crippen molar-refractivity contribution in [2.45, 2.75) is 20.4 Å². The summed E-state index contributed by atoms with van der Waals surface area (Å²) < 4.78 is 6.75. The number of pyridine rings is 1. The molecule has 0 bridgehead atoms. The highest BCUT2D eigenvalue weighted by Gasteiger charge is 2.08. The molecule has 0 atom stereocenters. The molecule has 0 aliphatic heterocycles. The monoisotopic (exact) mass is 306 g/mol. The van der Waals surface area contributed by atoms with Crippen molar-refractivity contribution in [3.8, 4) is 11.6 Å². The van der Waals surface area contributed by atoms with Crippen molar-refractivity contribution in [3.05, 3.63) is 51.6 Å². The van der Waals surface area contributed by atoms with Crippen LogP contribution in [0.1, 0.15) is 16.7 Å². The van der Waals surface area contributed by atoms with E-state index in [1.807, 2.05) is 38.1 Å². The molecular weight excluding hydrogens is 292 g/mol. The maximum Gasteiger partial charge on any atom is 0.219 e. The number of aryl methyl sites for hydroxylation is 2. The summed E-state index contributed by atoms with van der Waals surface area (Å²) in [4.78, 5) is 4.20. The van der Waals surface area contributed by atoms with Gasteiger partial charge < -0.3 is 10.5 Å². The van der Waals surface area contributed by atoms with Crippen LogP contribution in [0.3, 0.4) is 0 Å². The Morgan fingerprint density at radius 2 is 1.89 bits per heavy atom. The van der Waals surface area contributed by atoms with E-state index in [-0.39, 0.29) is 0 Å². The van der Waals surface area contributed by atoms with Gasteiger partial charge in [-0.1, -0.05) is 12.1 Å². The number of aromatic nitrogens is 1. The van der Waals surface area contributed by atoms with Gasteiger partial charge in [-0.3, -0.25) is 0 Å². The maximum absolute atomic E-state index is 5.82. The number of ether oxygens (including phenoxy) is 1. The van der Waals surface area contributed by atoms with E-state index in [2.05, 4.69) is 20.9 Å². The summed E-state index contributed by atoms with van der Waals surface area (Å²) in [5.74, 6) is 1.44. The van der Waals surface area contributed by atoms with Crippen molar-refractivity contribution in [2.24, 2.45) is 5.73 Å². The van der Waals surface area contributed by atoms with Crippen LogP contribution in [0, 0.1) is 13.8 Å². The van der Waals surface area contributed by atoms with E-state index in [0.717, 1.165) is 26.9 Å². The maximum atomic E-state index is 5.82. The zero-order chi connectivity index (χ0) is 13.1. The first kappa shape index (κ1) is 13.1.